The molecule has 1 atom stereocenters. The van der Waals surface area contributed by atoms with Gasteiger partial charge >= 0.3 is 0 Å². The lowest BCUT2D eigenvalue weighted by Crippen LogP contribution is -2.37. The fraction of sp³-hybridized carbons (Fsp3) is 1.00. The normalized spacial score (nSPS) is 22.5. The molecule has 1 aliphatic rings. The van der Waals surface area contributed by atoms with Gasteiger partial charge in [0.2, 0.25) is 0 Å². The Morgan fingerprint density at radius 1 is 1.21 bits per heavy atom. The van der Waals surface area contributed by atoms with Gasteiger partial charge in [-0.2, -0.15) is 0 Å². The molecule has 1 fully saturated rings. The van der Waals surface area contributed by atoms with Crippen LogP contribution in [0.15, 0.2) is 0 Å². The van der Waals surface area contributed by atoms with E-state index in [1.807, 2.05) is 0 Å². The van der Waals surface area contributed by atoms with Gasteiger partial charge in [-0.1, -0.05) is 46.5 Å². The van der Waals surface area contributed by atoms with Crippen LogP contribution in [0.4, 0.5) is 0 Å². The first-order chi connectivity index (χ1) is 6.75. The highest BCUT2D eigenvalue weighted by Gasteiger charge is 2.37. The van der Waals surface area contributed by atoms with Gasteiger partial charge in [0.1, 0.15) is 0 Å². The molecule has 0 aromatic carbocycles. The summed E-state index contributed by atoms with van der Waals surface area (Å²) in [6.45, 7) is 9.37. The highest BCUT2D eigenvalue weighted by molar-refractivity contribution is 4.90. The summed E-state index contributed by atoms with van der Waals surface area (Å²) < 4.78 is 0. The van der Waals surface area contributed by atoms with E-state index in [2.05, 4.69) is 26.1 Å². The highest BCUT2D eigenvalue weighted by atomic mass is 14.9. The highest BCUT2D eigenvalue weighted by Crippen LogP contribution is 2.45. The molecule has 1 rings (SSSR count). The first-order valence-electron chi connectivity index (χ1n) is 6.46. The quantitative estimate of drug-likeness (QED) is 0.686. The minimum absolute atomic E-state index is 0.645. The molecule has 0 bridgehead atoms. The zero-order valence-electron chi connectivity index (χ0n) is 10.2. The molecule has 1 aliphatic carbocycles. The van der Waals surface area contributed by atoms with E-state index in [1.165, 1.54) is 45.1 Å². The molecule has 0 saturated heterocycles. The Hall–Kier alpha value is -0.0400. The molecule has 1 unspecified atom stereocenters. The molecule has 1 saturated carbocycles. The van der Waals surface area contributed by atoms with E-state index in [1.54, 1.807) is 0 Å². The van der Waals surface area contributed by atoms with Crippen LogP contribution in [0.3, 0.4) is 0 Å². The minimum atomic E-state index is 0.645. The van der Waals surface area contributed by atoms with Crippen LogP contribution in [-0.4, -0.2) is 13.1 Å². The van der Waals surface area contributed by atoms with Crippen molar-refractivity contribution in [1.29, 1.82) is 0 Å². The third-order valence-electron chi connectivity index (χ3n) is 4.09. The first-order valence-corrected chi connectivity index (χ1v) is 6.46. The van der Waals surface area contributed by atoms with E-state index >= 15 is 0 Å². The second-order valence-corrected chi connectivity index (χ2v) is 5.04. The third-order valence-corrected chi connectivity index (χ3v) is 4.09. The molecule has 0 heterocycles. The van der Waals surface area contributed by atoms with Crippen LogP contribution in [0, 0.1) is 11.3 Å². The van der Waals surface area contributed by atoms with Gasteiger partial charge in [0, 0.05) is 6.54 Å². The zero-order chi connectivity index (χ0) is 10.4. The second kappa shape index (κ2) is 5.75. The van der Waals surface area contributed by atoms with Gasteiger partial charge in [-0.25, -0.2) is 0 Å². The van der Waals surface area contributed by atoms with Gasteiger partial charge in [0.25, 0.3) is 0 Å². The Balaban J connectivity index is 2.51. The summed E-state index contributed by atoms with van der Waals surface area (Å²) >= 11 is 0. The Morgan fingerprint density at radius 2 is 1.86 bits per heavy atom. The predicted octanol–water partition coefficient (Wildman–Crippen LogP) is 3.59. The summed E-state index contributed by atoms with van der Waals surface area (Å²) in [5.41, 5.74) is 0.645. The van der Waals surface area contributed by atoms with Gasteiger partial charge in [-0.15, -0.1) is 0 Å². The Kier molecular flexibility index (Phi) is 4.94. The van der Waals surface area contributed by atoms with E-state index < -0.39 is 0 Å². The standard InChI is InChI=1S/C13H27N/c1-4-8-12(3)13(11-14-5-2)9-6-7-10-13/h12,14H,4-11H2,1-3H3. The summed E-state index contributed by atoms with van der Waals surface area (Å²) in [5, 5.41) is 3.57. The van der Waals surface area contributed by atoms with Crippen molar-refractivity contribution in [3.05, 3.63) is 0 Å². The minimum Gasteiger partial charge on any atom is -0.316 e. The molecule has 0 aromatic rings. The second-order valence-electron chi connectivity index (χ2n) is 5.04. The van der Waals surface area contributed by atoms with Crippen LogP contribution in [0.5, 0.6) is 0 Å². The Labute approximate surface area is 89.7 Å². The van der Waals surface area contributed by atoms with Crippen molar-refractivity contribution in [1.82, 2.24) is 5.32 Å². The molecule has 84 valence electrons. The van der Waals surface area contributed by atoms with Crippen molar-refractivity contribution in [2.45, 2.75) is 59.3 Å². The van der Waals surface area contributed by atoms with Crippen molar-refractivity contribution in [2.75, 3.05) is 13.1 Å². The number of hydrogen-bond donors (Lipinski definition) is 1. The molecule has 0 spiro atoms. The first kappa shape index (κ1) is 12.0. The summed E-state index contributed by atoms with van der Waals surface area (Å²) in [4.78, 5) is 0. The van der Waals surface area contributed by atoms with Crippen LogP contribution in [0.2, 0.25) is 0 Å². The van der Waals surface area contributed by atoms with E-state index in [0.29, 0.717) is 5.41 Å². The predicted molar refractivity (Wildman–Crippen MR) is 63.5 cm³/mol. The molecule has 0 amide bonds. The molecule has 1 heteroatoms. The van der Waals surface area contributed by atoms with Gasteiger partial charge in [-0.05, 0) is 30.7 Å². The zero-order valence-corrected chi connectivity index (χ0v) is 10.2. The number of hydrogen-bond acceptors (Lipinski definition) is 1. The van der Waals surface area contributed by atoms with Gasteiger partial charge in [0.05, 0.1) is 0 Å². The van der Waals surface area contributed by atoms with Crippen molar-refractivity contribution in [3.63, 3.8) is 0 Å². The van der Waals surface area contributed by atoms with Gasteiger partial charge < -0.3 is 5.32 Å². The topological polar surface area (TPSA) is 12.0 Å². The van der Waals surface area contributed by atoms with Crippen LogP contribution in [0.1, 0.15) is 59.3 Å². The van der Waals surface area contributed by atoms with Crippen molar-refractivity contribution < 1.29 is 0 Å². The maximum Gasteiger partial charge on any atom is 0.00102 e. The van der Waals surface area contributed by atoms with Crippen LogP contribution in [0.25, 0.3) is 0 Å². The summed E-state index contributed by atoms with van der Waals surface area (Å²) in [6.07, 6.45) is 8.58. The molecule has 0 aliphatic heterocycles. The van der Waals surface area contributed by atoms with Crippen molar-refractivity contribution in [2.24, 2.45) is 11.3 Å². The summed E-state index contributed by atoms with van der Waals surface area (Å²) in [6, 6.07) is 0. The van der Waals surface area contributed by atoms with Crippen LogP contribution in [-0.2, 0) is 0 Å². The molecule has 0 radical (unpaired) electrons. The number of rotatable bonds is 6. The van der Waals surface area contributed by atoms with Crippen molar-refractivity contribution in [3.8, 4) is 0 Å². The molecule has 0 aromatic heterocycles. The molecule has 1 N–H and O–H groups in total. The molecular weight excluding hydrogens is 170 g/mol. The maximum atomic E-state index is 3.57. The summed E-state index contributed by atoms with van der Waals surface area (Å²) in [5.74, 6) is 0.911. The monoisotopic (exact) mass is 197 g/mol. The summed E-state index contributed by atoms with van der Waals surface area (Å²) in [7, 11) is 0. The van der Waals surface area contributed by atoms with E-state index in [-0.39, 0.29) is 0 Å². The lowest BCUT2D eigenvalue weighted by atomic mass is 9.73. The Morgan fingerprint density at radius 3 is 2.36 bits per heavy atom. The van der Waals surface area contributed by atoms with Gasteiger partial charge in [-0.3, -0.25) is 0 Å². The smallest absolute Gasteiger partial charge is 0.00102 e. The van der Waals surface area contributed by atoms with Crippen LogP contribution < -0.4 is 5.32 Å². The maximum absolute atomic E-state index is 3.57. The average molecular weight is 197 g/mol. The number of nitrogens with one attached hydrogen (secondary N) is 1. The van der Waals surface area contributed by atoms with E-state index in [4.69, 9.17) is 0 Å². The lowest BCUT2D eigenvalue weighted by Gasteiger charge is -2.36. The van der Waals surface area contributed by atoms with Crippen LogP contribution >= 0.6 is 0 Å². The lowest BCUT2D eigenvalue weighted by molar-refractivity contribution is 0.165. The van der Waals surface area contributed by atoms with Gasteiger partial charge in [0.15, 0.2) is 0 Å². The fourth-order valence-corrected chi connectivity index (χ4v) is 3.04. The fourth-order valence-electron chi connectivity index (χ4n) is 3.04. The van der Waals surface area contributed by atoms with E-state index in [0.717, 1.165) is 12.5 Å². The third kappa shape index (κ3) is 2.73. The molecule has 1 nitrogen and oxygen atoms in total. The SMILES string of the molecule is CCCC(C)C1(CNCC)CCCC1. The van der Waals surface area contributed by atoms with Crippen molar-refractivity contribution >= 4 is 0 Å². The average Bonchev–Trinajstić information content (AvgIpc) is 2.65. The largest absolute Gasteiger partial charge is 0.316 e. The molecular formula is C13H27N. The molecule has 14 heavy (non-hydrogen) atoms. The van der Waals surface area contributed by atoms with E-state index in [9.17, 15) is 0 Å². The Bertz CT molecular complexity index is 147.